The average molecular weight is 295 g/mol. The molecule has 4 nitrogen and oxygen atoms in total. The number of nitrogens with zero attached hydrogens (tertiary/aromatic N) is 1. The summed E-state index contributed by atoms with van der Waals surface area (Å²) in [5, 5.41) is 9.63. The molecule has 6 heteroatoms. The van der Waals surface area contributed by atoms with Crippen molar-refractivity contribution in [3.05, 3.63) is 35.0 Å². The summed E-state index contributed by atoms with van der Waals surface area (Å²) in [4.78, 5) is 24.8. The third kappa shape index (κ3) is 3.14. The van der Waals surface area contributed by atoms with Crippen LogP contribution in [-0.4, -0.2) is 35.0 Å². The predicted octanol–water partition coefficient (Wildman–Crippen LogP) is 2.98. The van der Waals surface area contributed by atoms with Crippen LogP contribution in [-0.2, 0) is 4.79 Å². The highest BCUT2D eigenvalue weighted by Gasteiger charge is 2.19. The molecule has 2 rings (SSSR count). The molecule has 0 fully saturated rings. The van der Waals surface area contributed by atoms with E-state index in [-0.39, 0.29) is 18.3 Å². The molecule has 106 valence electrons. The van der Waals surface area contributed by atoms with Crippen LogP contribution in [0.25, 0.3) is 10.1 Å². The number of halogens is 1. The van der Waals surface area contributed by atoms with Gasteiger partial charge in [0.2, 0.25) is 0 Å². The Bertz CT molecular complexity index is 653. The van der Waals surface area contributed by atoms with Crippen molar-refractivity contribution in [1.82, 2.24) is 4.90 Å². The SMILES string of the molecule is CCCN(CC(=O)O)C(=O)c1cc2ccc(F)cc2s1. The molecule has 1 aromatic carbocycles. The van der Waals surface area contributed by atoms with E-state index in [1.54, 1.807) is 12.1 Å². The Labute approximate surface area is 119 Å². The normalized spacial score (nSPS) is 10.7. The first-order chi connectivity index (χ1) is 9.51. The van der Waals surface area contributed by atoms with Gasteiger partial charge >= 0.3 is 5.97 Å². The van der Waals surface area contributed by atoms with E-state index in [1.165, 1.54) is 28.4 Å². The quantitative estimate of drug-likeness (QED) is 0.922. The topological polar surface area (TPSA) is 57.6 Å². The fourth-order valence-corrected chi connectivity index (χ4v) is 3.01. The second-order valence-corrected chi connectivity index (χ2v) is 5.50. The van der Waals surface area contributed by atoms with Crippen LogP contribution >= 0.6 is 11.3 Å². The van der Waals surface area contributed by atoms with Crippen molar-refractivity contribution < 1.29 is 19.1 Å². The molecule has 20 heavy (non-hydrogen) atoms. The Kier molecular flexibility index (Phi) is 4.34. The standard InChI is InChI=1S/C14H14FNO3S/c1-2-5-16(8-13(17)18)14(19)12-6-9-3-4-10(15)7-11(9)20-12/h3-4,6-7H,2,5,8H2,1H3,(H,17,18). The van der Waals surface area contributed by atoms with Gasteiger partial charge in [-0.15, -0.1) is 11.3 Å². The van der Waals surface area contributed by atoms with E-state index in [0.717, 1.165) is 5.39 Å². The molecule has 0 unspecified atom stereocenters. The number of carbonyl (C=O) groups excluding carboxylic acids is 1. The number of carboxylic acids is 1. The summed E-state index contributed by atoms with van der Waals surface area (Å²) in [6, 6.07) is 5.99. The third-order valence-corrected chi connectivity index (χ3v) is 3.89. The monoisotopic (exact) mass is 295 g/mol. The Morgan fingerprint density at radius 2 is 2.10 bits per heavy atom. The van der Waals surface area contributed by atoms with E-state index in [9.17, 15) is 14.0 Å². The number of aliphatic carboxylic acids is 1. The number of benzene rings is 1. The number of thiophene rings is 1. The minimum atomic E-state index is -1.04. The maximum absolute atomic E-state index is 13.1. The molecule has 0 aliphatic carbocycles. The van der Waals surface area contributed by atoms with Gasteiger partial charge in [-0.05, 0) is 30.0 Å². The molecule has 0 spiro atoms. The Balaban J connectivity index is 2.30. The van der Waals surface area contributed by atoms with Crippen molar-refractivity contribution in [3.8, 4) is 0 Å². The zero-order valence-electron chi connectivity index (χ0n) is 10.9. The van der Waals surface area contributed by atoms with Crippen molar-refractivity contribution in [2.45, 2.75) is 13.3 Å². The van der Waals surface area contributed by atoms with Crippen molar-refractivity contribution in [1.29, 1.82) is 0 Å². The van der Waals surface area contributed by atoms with Gasteiger partial charge in [0, 0.05) is 11.2 Å². The molecule has 0 saturated heterocycles. The number of rotatable bonds is 5. The first kappa shape index (κ1) is 14.5. The lowest BCUT2D eigenvalue weighted by Crippen LogP contribution is -2.35. The summed E-state index contributed by atoms with van der Waals surface area (Å²) in [7, 11) is 0. The summed E-state index contributed by atoms with van der Waals surface area (Å²) >= 11 is 1.18. The molecule has 2 aromatic rings. The lowest BCUT2D eigenvalue weighted by atomic mass is 10.2. The van der Waals surface area contributed by atoms with Crippen LogP contribution in [0.4, 0.5) is 4.39 Å². The highest BCUT2D eigenvalue weighted by atomic mass is 32.1. The lowest BCUT2D eigenvalue weighted by molar-refractivity contribution is -0.137. The van der Waals surface area contributed by atoms with Gasteiger partial charge in [-0.1, -0.05) is 13.0 Å². The number of hydrogen-bond acceptors (Lipinski definition) is 3. The van der Waals surface area contributed by atoms with Crippen LogP contribution in [0.15, 0.2) is 24.3 Å². The smallest absolute Gasteiger partial charge is 0.323 e. The highest BCUT2D eigenvalue weighted by Crippen LogP contribution is 2.27. The molecule has 0 aliphatic heterocycles. The van der Waals surface area contributed by atoms with Crippen molar-refractivity contribution >= 4 is 33.3 Å². The van der Waals surface area contributed by atoms with Crippen molar-refractivity contribution in [3.63, 3.8) is 0 Å². The molecule has 1 aromatic heterocycles. The second kappa shape index (κ2) is 6.00. The van der Waals surface area contributed by atoms with E-state index in [0.29, 0.717) is 22.5 Å². The van der Waals surface area contributed by atoms with Gasteiger partial charge in [0.05, 0.1) is 4.88 Å². The summed E-state index contributed by atoms with van der Waals surface area (Å²) < 4.78 is 13.8. The number of carbonyl (C=O) groups is 2. The zero-order valence-corrected chi connectivity index (χ0v) is 11.7. The van der Waals surface area contributed by atoms with Crippen molar-refractivity contribution in [2.75, 3.05) is 13.1 Å². The van der Waals surface area contributed by atoms with Gasteiger partial charge in [-0.25, -0.2) is 4.39 Å². The van der Waals surface area contributed by atoms with Crippen LogP contribution in [0, 0.1) is 5.82 Å². The van der Waals surface area contributed by atoms with Gasteiger partial charge in [0.1, 0.15) is 12.4 Å². The third-order valence-electron chi connectivity index (χ3n) is 2.80. The number of amides is 1. The number of carboxylic acid groups (broad SMARTS) is 1. The fourth-order valence-electron chi connectivity index (χ4n) is 1.95. The van der Waals surface area contributed by atoms with E-state index in [1.807, 2.05) is 6.92 Å². The Morgan fingerprint density at radius 1 is 1.35 bits per heavy atom. The molecule has 0 atom stereocenters. The number of fused-ring (bicyclic) bond motifs is 1. The highest BCUT2D eigenvalue weighted by molar-refractivity contribution is 7.20. The second-order valence-electron chi connectivity index (χ2n) is 4.41. The molecule has 0 radical (unpaired) electrons. The van der Waals surface area contributed by atoms with E-state index < -0.39 is 5.97 Å². The summed E-state index contributed by atoms with van der Waals surface area (Å²) in [5.41, 5.74) is 0. The minimum Gasteiger partial charge on any atom is -0.480 e. The predicted molar refractivity (Wildman–Crippen MR) is 75.6 cm³/mol. The van der Waals surface area contributed by atoms with Crippen LogP contribution < -0.4 is 0 Å². The molecular formula is C14H14FNO3S. The molecule has 1 heterocycles. The molecule has 1 amide bonds. The molecule has 0 saturated carbocycles. The number of hydrogen-bond donors (Lipinski definition) is 1. The van der Waals surface area contributed by atoms with Gasteiger partial charge in [-0.3, -0.25) is 9.59 Å². The average Bonchev–Trinajstić information content (AvgIpc) is 2.79. The minimum absolute atomic E-state index is 0.323. The largest absolute Gasteiger partial charge is 0.480 e. The first-order valence-electron chi connectivity index (χ1n) is 6.21. The van der Waals surface area contributed by atoms with Gasteiger partial charge in [-0.2, -0.15) is 0 Å². The van der Waals surface area contributed by atoms with Crippen LogP contribution in [0.3, 0.4) is 0 Å². The van der Waals surface area contributed by atoms with Gasteiger partial charge in [0.25, 0.3) is 5.91 Å². The van der Waals surface area contributed by atoms with E-state index >= 15 is 0 Å². The van der Waals surface area contributed by atoms with Gasteiger partial charge in [0.15, 0.2) is 0 Å². The molecule has 1 N–H and O–H groups in total. The first-order valence-corrected chi connectivity index (χ1v) is 7.03. The van der Waals surface area contributed by atoms with Crippen LogP contribution in [0.5, 0.6) is 0 Å². The maximum Gasteiger partial charge on any atom is 0.323 e. The van der Waals surface area contributed by atoms with Crippen LogP contribution in [0.1, 0.15) is 23.0 Å². The zero-order chi connectivity index (χ0) is 14.7. The Hall–Kier alpha value is -1.95. The molecule has 0 bridgehead atoms. The summed E-state index contributed by atoms with van der Waals surface area (Å²) in [5.74, 6) is -1.72. The lowest BCUT2D eigenvalue weighted by Gasteiger charge is -2.18. The van der Waals surface area contributed by atoms with Gasteiger partial charge < -0.3 is 10.0 Å². The van der Waals surface area contributed by atoms with Crippen molar-refractivity contribution in [2.24, 2.45) is 0 Å². The summed E-state index contributed by atoms with van der Waals surface area (Å²) in [6.45, 7) is 1.94. The Morgan fingerprint density at radius 3 is 2.75 bits per heavy atom. The van der Waals surface area contributed by atoms with E-state index in [2.05, 4.69) is 0 Å². The summed E-state index contributed by atoms with van der Waals surface area (Å²) in [6.07, 6.45) is 0.679. The molecular weight excluding hydrogens is 281 g/mol. The fraction of sp³-hybridized carbons (Fsp3) is 0.286. The van der Waals surface area contributed by atoms with E-state index in [4.69, 9.17) is 5.11 Å². The maximum atomic E-state index is 13.1. The molecule has 0 aliphatic rings. The van der Waals surface area contributed by atoms with Crippen LogP contribution in [0.2, 0.25) is 0 Å².